The highest BCUT2D eigenvalue weighted by Gasteiger charge is 2.38. The molecule has 16 heteroatoms. The van der Waals surface area contributed by atoms with Gasteiger partial charge in [-0.05, 0) is 28.5 Å². The number of benzene rings is 2. The molecule has 5 N–H and O–H groups in total. The Morgan fingerprint density at radius 1 is 1.12 bits per heavy atom. The topological polar surface area (TPSA) is 199 Å². The van der Waals surface area contributed by atoms with E-state index in [-0.39, 0.29) is 29.4 Å². The molecular weight excluding hydrogens is 599 g/mol. The molecule has 1 aliphatic rings. The quantitative estimate of drug-likeness (QED) is 0.223. The number of H-pyrrole nitrogens is 1. The van der Waals surface area contributed by atoms with E-state index >= 15 is 0 Å². The number of rotatable bonds is 5. The van der Waals surface area contributed by atoms with Gasteiger partial charge in [0.05, 0.1) is 27.4 Å². The van der Waals surface area contributed by atoms with Crippen LogP contribution in [0.25, 0.3) is 33.4 Å². The van der Waals surface area contributed by atoms with Gasteiger partial charge < -0.3 is 8.75 Å². The molecule has 1 fully saturated rings. The summed E-state index contributed by atoms with van der Waals surface area (Å²) in [4.78, 5) is -0.933. The van der Waals surface area contributed by atoms with Gasteiger partial charge in [-0.25, -0.2) is 22.0 Å². The van der Waals surface area contributed by atoms with Crippen LogP contribution < -0.4 is 10.5 Å². The Morgan fingerprint density at radius 2 is 1.85 bits per heavy atom. The number of aromatic nitrogens is 6. The van der Waals surface area contributed by atoms with Gasteiger partial charge in [-0.3, -0.25) is 4.68 Å². The Bertz CT molecular complexity index is 1570. The van der Waals surface area contributed by atoms with E-state index in [1.54, 1.807) is 36.1 Å². The van der Waals surface area contributed by atoms with E-state index in [9.17, 15) is 16.8 Å². The highest BCUT2D eigenvalue weighted by Crippen LogP contribution is 2.41. The summed E-state index contributed by atoms with van der Waals surface area (Å²) in [6, 6.07) is 8.26. The molecule has 2 aromatic heterocycles. The molecule has 0 bridgehead atoms. The van der Waals surface area contributed by atoms with Crippen LogP contribution in [0.4, 0.5) is 0 Å². The fraction of sp³-hybridized carbons (Fsp3) is 0.222. The van der Waals surface area contributed by atoms with Gasteiger partial charge >= 0.3 is 0 Å². The van der Waals surface area contributed by atoms with Gasteiger partial charge in [-0.1, -0.05) is 18.2 Å². The number of hydrogen-bond acceptors (Lipinski definition) is 10. The second kappa shape index (κ2) is 9.27. The lowest BCUT2D eigenvalue weighted by molar-refractivity contribution is 0.493. The second-order valence-corrected chi connectivity index (χ2v) is 11.1. The van der Waals surface area contributed by atoms with Crippen molar-refractivity contribution in [2.75, 3.05) is 13.1 Å². The number of aryl methyl sites for hydroxylation is 1. The molecule has 3 heterocycles. The van der Waals surface area contributed by atoms with E-state index in [2.05, 4.69) is 31.0 Å². The van der Waals surface area contributed by atoms with Crippen LogP contribution in [0, 0.1) is 0 Å². The van der Waals surface area contributed by atoms with Crippen LogP contribution in [0.1, 0.15) is 0 Å². The number of primary sulfonamides is 1. The van der Waals surface area contributed by atoms with E-state index in [1.807, 2.05) is 6.07 Å². The van der Waals surface area contributed by atoms with Crippen molar-refractivity contribution in [3.8, 4) is 22.5 Å². The Morgan fingerprint density at radius 3 is 2.44 bits per heavy atom. The first-order valence-electron chi connectivity index (χ1n) is 9.66. The number of aromatic amines is 1. The number of sulfonamides is 1. The van der Waals surface area contributed by atoms with Crippen molar-refractivity contribution in [3.05, 3.63) is 36.5 Å². The van der Waals surface area contributed by atoms with Crippen LogP contribution in [0.3, 0.4) is 0 Å². The van der Waals surface area contributed by atoms with E-state index in [4.69, 9.17) is 8.57 Å². The molecule has 0 aliphatic carbocycles. The third-order valence-corrected chi connectivity index (χ3v) is 8.83. The van der Waals surface area contributed by atoms with Crippen molar-refractivity contribution >= 4 is 53.8 Å². The summed E-state index contributed by atoms with van der Waals surface area (Å²) in [5.41, 5.74) is 1.77. The smallest absolute Gasteiger partial charge is 0.240 e. The zero-order chi connectivity index (χ0) is 24.7. The molecule has 13 nitrogen and oxygen atoms in total. The summed E-state index contributed by atoms with van der Waals surface area (Å²) < 4.78 is 60.7. The van der Waals surface area contributed by atoms with E-state index < -0.39 is 30.0 Å². The van der Waals surface area contributed by atoms with Crippen LogP contribution in [0.5, 0.6) is 0 Å². The van der Waals surface area contributed by atoms with E-state index in [1.165, 1.54) is 6.07 Å². The summed E-state index contributed by atoms with van der Waals surface area (Å²) in [5, 5.41) is 26.4. The van der Waals surface area contributed by atoms with Gasteiger partial charge in [-0.2, -0.15) is 10.3 Å². The minimum atomic E-state index is -4.51. The Balaban J connectivity index is 0.00000133. The van der Waals surface area contributed by atoms with Gasteiger partial charge in [-0.15, -0.1) is 10.2 Å². The molecule has 0 radical (unpaired) electrons. The molecule has 0 amide bonds. The van der Waals surface area contributed by atoms with Crippen molar-refractivity contribution in [2.45, 2.75) is 15.0 Å². The van der Waals surface area contributed by atoms with Crippen molar-refractivity contribution in [1.29, 1.82) is 0 Å². The van der Waals surface area contributed by atoms with E-state index in [0.717, 1.165) is 33.9 Å². The highest BCUT2D eigenvalue weighted by molar-refractivity contribution is 14.1. The summed E-state index contributed by atoms with van der Waals surface area (Å²) in [7, 11) is -6.72. The number of tetrazole rings is 1. The molecule has 0 saturated carbocycles. The molecule has 1 saturated heterocycles. The molecule has 0 spiro atoms. The number of nitrogens with one attached hydrogen (secondary N) is 2. The molecule has 4 aromatic rings. The lowest BCUT2D eigenvalue weighted by atomic mass is 9.96. The van der Waals surface area contributed by atoms with Crippen molar-refractivity contribution in [2.24, 2.45) is 12.2 Å². The molecule has 180 valence electrons. The van der Waals surface area contributed by atoms with Gasteiger partial charge in [0, 0.05) is 25.5 Å². The fourth-order valence-corrected chi connectivity index (χ4v) is 7.04. The van der Waals surface area contributed by atoms with Gasteiger partial charge in [0.2, 0.25) is 15.8 Å². The summed E-state index contributed by atoms with van der Waals surface area (Å²) in [6.07, 6.45) is 1.64. The summed E-state index contributed by atoms with van der Waals surface area (Å²) in [5.74, 6) is -0.0892. The molecule has 2 aromatic carbocycles. The van der Waals surface area contributed by atoms with Crippen LogP contribution in [0.2, 0.25) is 0 Å². The van der Waals surface area contributed by atoms with Crippen LogP contribution in [-0.2, 0) is 26.9 Å². The molecule has 1 aliphatic heterocycles. The maximum atomic E-state index is 13.2. The van der Waals surface area contributed by atoms with Crippen molar-refractivity contribution in [3.63, 3.8) is 0 Å². The number of halogens is 1. The Hall–Kier alpha value is -2.51. The number of nitrogens with two attached hydrogens (primary N) is 1. The summed E-state index contributed by atoms with van der Waals surface area (Å²) >= 11 is 1.15. The predicted molar refractivity (Wildman–Crippen MR) is 131 cm³/mol. The first-order valence-corrected chi connectivity index (χ1v) is 13.7. The van der Waals surface area contributed by atoms with Crippen LogP contribution in [0.15, 0.2) is 46.3 Å². The standard InChI is InChI=1S/C18H18N8O4S2.HIO/c1-26-14-4-2-3-11(13(14)9-21-26)12-5-6-15(31(27,28)10-7-20-8-10)17(32(19,29)30)16(12)18-22-24-25-23-18;1-2/h2-6,9-10,20H,7-8H2,1H3,(H2,19,29,30)(H,22,23,24,25);2H. The largest absolute Gasteiger partial charge is 0.331 e. The third kappa shape index (κ3) is 4.09. The van der Waals surface area contributed by atoms with E-state index in [0.29, 0.717) is 11.1 Å². The zero-order valence-electron chi connectivity index (χ0n) is 17.5. The second-order valence-electron chi connectivity index (χ2n) is 7.43. The SMILES string of the molecule is Cn1ncc2c(-c3ccc(S(=O)(=O)C4CNC4)c(S(N)(=O)=O)c3-c3nn[nH]n3)cccc21.OI. The number of sulfone groups is 1. The lowest BCUT2D eigenvalue weighted by Gasteiger charge is -2.28. The molecule has 0 unspecified atom stereocenters. The molecule has 34 heavy (non-hydrogen) atoms. The Labute approximate surface area is 208 Å². The normalized spacial score (nSPS) is 14.5. The average molecular weight is 618 g/mol. The minimum absolute atomic E-state index is 0.0361. The first kappa shape index (κ1) is 24.6. The molecule has 5 rings (SSSR count). The maximum absolute atomic E-state index is 13.2. The van der Waals surface area contributed by atoms with Crippen molar-refractivity contribution in [1.82, 2.24) is 35.7 Å². The maximum Gasteiger partial charge on any atom is 0.240 e. The lowest BCUT2D eigenvalue weighted by Crippen LogP contribution is -2.51. The summed E-state index contributed by atoms with van der Waals surface area (Å²) in [6.45, 7) is 0.446. The fourth-order valence-electron chi connectivity index (χ4n) is 3.86. The number of fused-ring (bicyclic) bond motifs is 1. The van der Waals surface area contributed by atoms with Crippen LogP contribution >= 0.6 is 23.0 Å². The average Bonchev–Trinajstić information content (AvgIpc) is 3.42. The number of nitrogens with zero attached hydrogens (tertiary/aromatic N) is 5. The van der Waals surface area contributed by atoms with Crippen molar-refractivity contribution < 1.29 is 20.3 Å². The Kier molecular flexibility index (Phi) is 6.71. The van der Waals surface area contributed by atoms with Gasteiger partial charge in [0.15, 0.2) is 9.84 Å². The zero-order valence-corrected chi connectivity index (χ0v) is 21.3. The van der Waals surface area contributed by atoms with Gasteiger partial charge in [0.25, 0.3) is 0 Å². The van der Waals surface area contributed by atoms with Gasteiger partial charge in [0.1, 0.15) is 27.9 Å². The highest BCUT2D eigenvalue weighted by atomic mass is 127. The first-order chi connectivity index (χ1) is 16.2. The predicted octanol–water partition coefficient (Wildman–Crippen LogP) is 0.142. The number of hydrogen-bond donors (Lipinski definition) is 4. The minimum Gasteiger partial charge on any atom is -0.331 e. The molecule has 0 atom stereocenters. The monoisotopic (exact) mass is 618 g/mol. The molecular formula is C18H19IN8O5S2. The van der Waals surface area contributed by atoms with Crippen LogP contribution in [-0.4, -0.2) is 69.0 Å². The third-order valence-electron chi connectivity index (χ3n) is 5.55.